The number of nitrogens with zero attached hydrogens (tertiary/aromatic N) is 2. The van der Waals surface area contributed by atoms with Gasteiger partial charge in [0.25, 0.3) is 0 Å². The van der Waals surface area contributed by atoms with Gasteiger partial charge in [-0.25, -0.2) is 9.97 Å². The van der Waals surface area contributed by atoms with Crippen molar-refractivity contribution in [2.75, 3.05) is 16.4 Å². The number of aryl methyl sites for hydroxylation is 1. The van der Waals surface area contributed by atoms with Crippen LogP contribution in [0.1, 0.15) is 12.5 Å². The Hall–Kier alpha value is -2.50. The summed E-state index contributed by atoms with van der Waals surface area (Å²) in [6.07, 6.45) is 2.43. The Morgan fingerprint density at radius 2 is 1.64 bits per heavy atom. The maximum Gasteiger partial charge on any atom is 0.159 e. The zero-order valence-electron chi connectivity index (χ0n) is 13.6. The number of hydrogen-bond acceptors (Lipinski definition) is 5. The van der Waals surface area contributed by atoms with E-state index < -0.39 is 0 Å². The lowest BCUT2D eigenvalue weighted by Gasteiger charge is -2.13. The van der Waals surface area contributed by atoms with Crippen molar-refractivity contribution in [3.8, 4) is 0 Å². The molecule has 4 N–H and O–H groups in total. The van der Waals surface area contributed by atoms with Crippen molar-refractivity contribution in [1.29, 1.82) is 0 Å². The predicted molar refractivity (Wildman–Crippen MR) is 105 cm³/mol. The van der Waals surface area contributed by atoms with E-state index in [1.165, 1.54) is 11.9 Å². The molecule has 0 bridgehead atoms. The van der Waals surface area contributed by atoms with Crippen LogP contribution in [-0.4, -0.2) is 9.97 Å². The third-order valence-corrected chi connectivity index (χ3v) is 4.24. The number of halogens is 2. The van der Waals surface area contributed by atoms with Crippen LogP contribution < -0.4 is 16.4 Å². The zero-order valence-corrected chi connectivity index (χ0v) is 15.1. The smallest absolute Gasteiger partial charge is 0.159 e. The van der Waals surface area contributed by atoms with Gasteiger partial charge in [0.2, 0.25) is 0 Å². The molecular formula is C18H17Cl2N5. The summed E-state index contributed by atoms with van der Waals surface area (Å²) in [7, 11) is 0. The Balaban J connectivity index is 1.83. The van der Waals surface area contributed by atoms with Gasteiger partial charge in [-0.1, -0.05) is 42.3 Å². The predicted octanol–water partition coefficient (Wildman–Crippen LogP) is 5.42. The third kappa shape index (κ3) is 4.13. The van der Waals surface area contributed by atoms with E-state index in [1.807, 2.05) is 12.1 Å². The fraction of sp³-hybridized carbons (Fsp3) is 0.111. The summed E-state index contributed by atoms with van der Waals surface area (Å²) in [5, 5.41) is 7.35. The number of aromatic nitrogens is 2. The highest BCUT2D eigenvalue weighted by Gasteiger charge is 2.10. The fourth-order valence-corrected chi connectivity index (χ4v) is 2.73. The molecular weight excluding hydrogens is 357 g/mol. The Morgan fingerprint density at radius 1 is 0.960 bits per heavy atom. The van der Waals surface area contributed by atoms with Crippen molar-refractivity contribution in [3.63, 3.8) is 0 Å². The van der Waals surface area contributed by atoms with Crippen molar-refractivity contribution in [1.82, 2.24) is 9.97 Å². The molecule has 0 atom stereocenters. The quantitative estimate of drug-likeness (QED) is 0.556. The molecule has 0 aliphatic heterocycles. The second kappa shape index (κ2) is 7.59. The van der Waals surface area contributed by atoms with Gasteiger partial charge in [-0.15, -0.1) is 0 Å². The summed E-state index contributed by atoms with van der Waals surface area (Å²) >= 11 is 12.1. The van der Waals surface area contributed by atoms with Crippen LogP contribution in [0.2, 0.25) is 10.0 Å². The molecule has 0 amide bonds. The van der Waals surface area contributed by atoms with E-state index in [9.17, 15) is 0 Å². The van der Waals surface area contributed by atoms with Gasteiger partial charge in [0.15, 0.2) is 11.6 Å². The SMILES string of the molecule is CCc1ccc(Nc2ncnc(Nc3ccc(Cl)cc3Cl)c2N)cc1. The van der Waals surface area contributed by atoms with Gasteiger partial charge in [0, 0.05) is 10.7 Å². The molecule has 0 saturated heterocycles. The first-order chi connectivity index (χ1) is 12.1. The number of hydrogen-bond donors (Lipinski definition) is 3. The van der Waals surface area contributed by atoms with Gasteiger partial charge < -0.3 is 16.4 Å². The maximum atomic E-state index is 6.20. The lowest BCUT2D eigenvalue weighted by molar-refractivity contribution is 1.14. The van der Waals surface area contributed by atoms with Crippen molar-refractivity contribution in [2.24, 2.45) is 0 Å². The summed E-state index contributed by atoms with van der Waals surface area (Å²) in [6.45, 7) is 2.12. The summed E-state index contributed by atoms with van der Waals surface area (Å²) in [6, 6.07) is 13.3. The molecule has 1 aromatic heterocycles. The van der Waals surface area contributed by atoms with Crippen molar-refractivity contribution in [3.05, 3.63) is 64.4 Å². The first-order valence-electron chi connectivity index (χ1n) is 7.75. The van der Waals surface area contributed by atoms with Crippen LogP contribution in [0.15, 0.2) is 48.8 Å². The van der Waals surface area contributed by atoms with Crippen molar-refractivity contribution < 1.29 is 0 Å². The largest absolute Gasteiger partial charge is 0.393 e. The van der Waals surface area contributed by atoms with E-state index in [0.717, 1.165) is 12.1 Å². The molecule has 3 rings (SSSR count). The van der Waals surface area contributed by atoms with Gasteiger partial charge >= 0.3 is 0 Å². The second-order valence-electron chi connectivity index (χ2n) is 5.41. The average Bonchev–Trinajstić information content (AvgIpc) is 2.61. The number of rotatable bonds is 5. The van der Waals surface area contributed by atoms with Crippen LogP contribution in [-0.2, 0) is 6.42 Å². The highest BCUT2D eigenvalue weighted by molar-refractivity contribution is 6.36. The monoisotopic (exact) mass is 373 g/mol. The topological polar surface area (TPSA) is 75.9 Å². The van der Waals surface area contributed by atoms with E-state index in [4.69, 9.17) is 28.9 Å². The number of nitrogens with two attached hydrogens (primary N) is 1. The molecule has 0 fully saturated rings. The molecule has 3 aromatic rings. The maximum absolute atomic E-state index is 6.20. The Morgan fingerprint density at radius 3 is 2.28 bits per heavy atom. The minimum Gasteiger partial charge on any atom is -0.393 e. The normalized spacial score (nSPS) is 10.5. The van der Waals surface area contributed by atoms with Crippen LogP contribution in [0.5, 0.6) is 0 Å². The van der Waals surface area contributed by atoms with Crippen LogP contribution in [0, 0.1) is 0 Å². The lowest BCUT2D eigenvalue weighted by atomic mass is 10.1. The summed E-state index contributed by atoms with van der Waals surface area (Å²) < 4.78 is 0. The van der Waals surface area contributed by atoms with E-state index in [0.29, 0.717) is 33.1 Å². The van der Waals surface area contributed by atoms with E-state index in [1.54, 1.807) is 18.2 Å². The molecule has 0 unspecified atom stereocenters. The molecule has 0 spiro atoms. The number of benzene rings is 2. The number of nitrogens with one attached hydrogen (secondary N) is 2. The Bertz CT molecular complexity index is 881. The van der Waals surface area contributed by atoms with Gasteiger partial charge in [-0.2, -0.15) is 0 Å². The minimum atomic E-state index is 0.396. The van der Waals surface area contributed by atoms with Crippen LogP contribution in [0.4, 0.5) is 28.7 Å². The minimum absolute atomic E-state index is 0.396. The van der Waals surface area contributed by atoms with E-state index in [-0.39, 0.29) is 0 Å². The molecule has 2 aromatic carbocycles. The van der Waals surface area contributed by atoms with Crippen LogP contribution in [0.25, 0.3) is 0 Å². The summed E-state index contributed by atoms with van der Waals surface area (Å²) in [4.78, 5) is 8.40. The van der Waals surface area contributed by atoms with Crippen molar-refractivity contribution in [2.45, 2.75) is 13.3 Å². The molecule has 128 valence electrons. The first-order valence-corrected chi connectivity index (χ1v) is 8.51. The Kier molecular flexibility index (Phi) is 5.26. The van der Waals surface area contributed by atoms with Crippen LogP contribution >= 0.6 is 23.2 Å². The molecule has 1 heterocycles. The number of anilines is 5. The molecule has 0 aliphatic rings. The van der Waals surface area contributed by atoms with Crippen LogP contribution in [0.3, 0.4) is 0 Å². The molecule has 0 aliphatic carbocycles. The summed E-state index contributed by atoms with van der Waals surface area (Å²) in [5.41, 5.74) is 9.42. The van der Waals surface area contributed by atoms with Crippen molar-refractivity contribution >= 4 is 51.9 Å². The van der Waals surface area contributed by atoms with Gasteiger partial charge in [-0.3, -0.25) is 0 Å². The lowest BCUT2D eigenvalue weighted by Crippen LogP contribution is -2.05. The van der Waals surface area contributed by atoms with E-state index in [2.05, 4.69) is 39.7 Å². The van der Waals surface area contributed by atoms with Gasteiger partial charge in [0.1, 0.15) is 12.0 Å². The first kappa shape index (κ1) is 17.3. The van der Waals surface area contributed by atoms with E-state index >= 15 is 0 Å². The fourth-order valence-electron chi connectivity index (χ4n) is 2.27. The number of nitrogen functional groups attached to an aromatic ring is 1. The standard InChI is InChI=1S/C18H17Cl2N5/c1-2-11-3-6-13(7-4-11)24-17-16(21)18(23-10-22-17)25-15-8-5-12(19)9-14(15)20/h3-10H,2,21H2,1H3,(H2,22,23,24,25). The highest BCUT2D eigenvalue weighted by Crippen LogP contribution is 2.32. The van der Waals surface area contributed by atoms with Gasteiger partial charge in [0.05, 0.1) is 10.7 Å². The third-order valence-electron chi connectivity index (χ3n) is 3.69. The molecule has 5 nitrogen and oxygen atoms in total. The molecule has 7 heteroatoms. The summed E-state index contributed by atoms with van der Waals surface area (Å²) in [5.74, 6) is 0.985. The second-order valence-corrected chi connectivity index (χ2v) is 6.25. The molecule has 0 saturated carbocycles. The molecule has 0 radical (unpaired) electrons. The zero-order chi connectivity index (χ0) is 17.8. The molecule has 25 heavy (non-hydrogen) atoms. The average molecular weight is 374 g/mol. The highest BCUT2D eigenvalue weighted by atomic mass is 35.5. The van der Waals surface area contributed by atoms with Gasteiger partial charge in [-0.05, 0) is 42.3 Å². The Labute approximate surface area is 156 Å².